The van der Waals surface area contributed by atoms with Gasteiger partial charge in [-0.05, 0) is 30.5 Å². The molecule has 0 aliphatic heterocycles. The molecule has 0 fully saturated rings. The number of nitrogens with one attached hydrogen (secondary N) is 1. The quantitative estimate of drug-likeness (QED) is 0.721. The Morgan fingerprint density at radius 2 is 2.00 bits per heavy atom. The molecule has 1 aromatic rings. The third-order valence-electron chi connectivity index (χ3n) is 2.83. The molecule has 5 nitrogen and oxygen atoms in total. The van der Waals surface area contributed by atoms with Crippen LogP contribution in [0.1, 0.15) is 12.0 Å². The predicted molar refractivity (Wildman–Crippen MR) is 74.3 cm³/mol. The zero-order valence-electron chi connectivity index (χ0n) is 11.9. The second-order valence-electron chi connectivity index (χ2n) is 4.45. The lowest BCUT2D eigenvalue weighted by molar-refractivity contribution is -0.122. The van der Waals surface area contributed by atoms with E-state index >= 15 is 0 Å². The fourth-order valence-electron chi connectivity index (χ4n) is 1.67. The molecule has 3 N–H and O–H groups in total. The van der Waals surface area contributed by atoms with Crippen LogP contribution in [0.5, 0.6) is 5.75 Å². The number of hydrogen-bond donors (Lipinski definition) is 2. The molecule has 1 atom stereocenters. The average Bonchev–Trinajstić information content (AvgIpc) is 2.45. The largest absolute Gasteiger partial charge is 0.435 e. The van der Waals surface area contributed by atoms with Gasteiger partial charge in [-0.15, -0.1) is 0 Å². The Kier molecular flexibility index (Phi) is 7.63. The summed E-state index contributed by atoms with van der Waals surface area (Å²) in [6.45, 7) is -1.97. The third kappa shape index (κ3) is 7.01. The number of halogens is 2. The Balaban J connectivity index is 2.30. The van der Waals surface area contributed by atoms with Crippen molar-refractivity contribution in [1.82, 2.24) is 5.32 Å². The molecule has 0 aromatic heterocycles. The van der Waals surface area contributed by atoms with Gasteiger partial charge in [-0.1, -0.05) is 12.1 Å². The molecule has 21 heavy (non-hydrogen) atoms. The number of carbonyl (C=O) groups is 1. The summed E-state index contributed by atoms with van der Waals surface area (Å²) in [6.07, 6.45) is 1.04. The highest BCUT2D eigenvalue weighted by Crippen LogP contribution is 2.14. The van der Waals surface area contributed by atoms with Gasteiger partial charge in [-0.3, -0.25) is 4.79 Å². The van der Waals surface area contributed by atoms with Crippen molar-refractivity contribution in [2.24, 2.45) is 5.73 Å². The molecule has 1 unspecified atom stereocenters. The fourth-order valence-corrected chi connectivity index (χ4v) is 1.67. The van der Waals surface area contributed by atoms with Crippen LogP contribution in [0.15, 0.2) is 24.3 Å². The van der Waals surface area contributed by atoms with Crippen LogP contribution in [0.25, 0.3) is 0 Å². The Bertz CT molecular complexity index is 427. The second kappa shape index (κ2) is 9.25. The standard InChI is InChI=1S/C14H20F2N2O3/c1-20-9-7-12(17)13(19)18-8-6-10-2-4-11(5-3-10)21-14(15)16/h2-5,12,14H,6-9,17H2,1H3,(H,18,19). The third-order valence-corrected chi connectivity index (χ3v) is 2.83. The van der Waals surface area contributed by atoms with Crippen molar-refractivity contribution < 1.29 is 23.0 Å². The highest BCUT2D eigenvalue weighted by Gasteiger charge is 2.12. The van der Waals surface area contributed by atoms with E-state index in [4.69, 9.17) is 10.5 Å². The molecule has 0 bridgehead atoms. The first-order valence-electron chi connectivity index (χ1n) is 6.59. The first-order chi connectivity index (χ1) is 10.0. The summed E-state index contributed by atoms with van der Waals surface area (Å²) in [6, 6.07) is 5.69. The van der Waals surface area contributed by atoms with Gasteiger partial charge in [0, 0.05) is 20.3 Å². The van der Waals surface area contributed by atoms with E-state index in [0.717, 1.165) is 5.56 Å². The number of ether oxygens (including phenoxy) is 2. The van der Waals surface area contributed by atoms with Gasteiger partial charge in [0.05, 0.1) is 6.04 Å². The lowest BCUT2D eigenvalue weighted by atomic mass is 10.1. The van der Waals surface area contributed by atoms with Crippen LogP contribution in [0, 0.1) is 0 Å². The monoisotopic (exact) mass is 302 g/mol. The van der Waals surface area contributed by atoms with Crippen molar-refractivity contribution in [3.05, 3.63) is 29.8 Å². The van der Waals surface area contributed by atoms with Crippen LogP contribution >= 0.6 is 0 Å². The van der Waals surface area contributed by atoms with Crippen molar-refractivity contribution in [2.45, 2.75) is 25.5 Å². The molecule has 0 spiro atoms. The van der Waals surface area contributed by atoms with E-state index in [-0.39, 0.29) is 11.7 Å². The molecule has 118 valence electrons. The summed E-state index contributed by atoms with van der Waals surface area (Å²) >= 11 is 0. The number of amides is 1. The number of hydrogen-bond acceptors (Lipinski definition) is 4. The fraction of sp³-hybridized carbons (Fsp3) is 0.500. The van der Waals surface area contributed by atoms with E-state index in [1.807, 2.05) is 0 Å². The first kappa shape index (κ1) is 17.3. The highest BCUT2D eigenvalue weighted by atomic mass is 19.3. The number of benzene rings is 1. The minimum absolute atomic E-state index is 0.111. The van der Waals surface area contributed by atoms with Crippen molar-refractivity contribution in [3.8, 4) is 5.75 Å². The number of rotatable bonds is 9. The molecule has 0 aliphatic carbocycles. The maximum absolute atomic E-state index is 12.0. The van der Waals surface area contributed by atoms with E-state index in [1.54, 1.807) is 19.2 Å². The molecule has 1 rings (SSSR count). The minimum atomic E-state index is -2.83. The Labute approximate surface area is 122 Å². The zero-order valence-corrected chi connectivity index (χ0v) is 11.9. The highest BCUT2D eigenvalue weighted by molar-refractivity contribution is 5.81. The lowest BCUT2D eigenvalue weighted by Gasteiger charge is -2.12. The number of carbonyl (C=O) groups excluding carboxylic acids is 1. The van der Waals surface area contributed by atoms with Crippen LogP contribution in [0.2, 0.25) is 0 Å². The zero-order chi connectivity index (χ0) is 15.7. The van der Waals surface area contributed by atoms with Gasteiger partial charge in [0.2, 0.25) is 5.91 Å². The smallest absolute Gasteiger partial charge is 0.387 e. The predicted octanol–water partition coefficient (Wildman–Crippen LogP) is 1.31. The van der Waals surface area contributed by atoms with Gasteiger partial charge in [-0.2, -0.15) is 8.78 Å². The molecular weight excluding hydrogens is 282 g/mol. The Morgan fingerprint density at radius 3 is 2.57 bits per heavy atom. The summed E-state index contributed by atoms with van der Waals surface area (Å²) in [5.41, 5.74) is 6.57. The maximum atomic E-state index is 12.0. The first-order valence-corrected chi connectivity index (χ1v) is 6.59. The van der Waals surface area contributed by atoms with Crippen LogP contribution < -0.4 is 15.8 Å². The maximum Gasteiger partial charge on any atom is 0.387 e. The Morgan fingerprint density at radius 1 is 1.33 bits per heavy atom. The molecule has 0 radical (unpaired) electrons. The van der Waals surface area contributed by atoms with Gasteiger partial charge in [0.15, 0.2) is 0 Å². The van der Waals surface area contributed by atoms with Crippen LogP contribution in [0.4, 0.5) is 8.78 Å². The van der Waals surface area contributed by atoms with Gasteiger partial charge < -0.3 is 20.5 Å². The van der Waals surface area contributed by atoms with Crippen LogP contribution in [-0.2, 0) is 16.0 Å². The Hall–Kier alpha value is -1.73. The molecule has 7 heteroatoms. The summed E-state index contributed by atoms with van der Waals surface area (Å²) in [5.74, 6) is -0.121. The summed E-state index contributed by atoms with van der Waals surface area (Å²) in [5, 5.41) is 2.72. The van der Waals surface area contributed by atoms with E-state index in [9.17, 15) is 13.6 Å². The molecular formula is C14H20F2N2O3. The van der Waals surface area contributed by atoms with Gasteiger partial charge >= 0.3 is 6.61 Å². The second-order valence-corrected chi connectivity index (χ2v) is 4.45. The topological polar surface area (TPSA) is 73.6 Å². The number of nitrogens with two attached hydrogens (primary N) is 1. The van der Waals surface area contributed by atoms with Crippen molar-refractivity contribution >= 4 is 5.91 Å². The number of alkyl halides is 2. The van der Waals surface area contributed by atoms with Crippen molar-refractivity contribution in [2.75, 3.05) is 20.3 Å². The summed E-state index contributed by atoms with van der Waals surface area (Å²) in [4.78, 5) is 11.6. The summed E-state index contributed by atoms with van der Waals surface area (Å²) < 4.78 is 33.1. The minimum Gasteiger partial charge on any atom is -0.435 e. The molecule has 1 amide bonds. The molecule has 0 saturated heterocycles. The SMILES string of the molecule is COCCC(N)C(=O)NCCc1ccc(OC(F)F)cc1. The van der Waals surface area contributed by atoms with Crippen LogP contribution in [-0.4, -0.2) is 38.8 Å². The van der Waals surface area contributed by atoms with Gasteiger partial charge in [-0.25, -0.2) is 0 Å². The van der Waals surface area contributed by atoms with E-state index in [0.29, 0.717) is 26.0 Å². The molecule has 0 saturated carbocycles. The normalized spacial score (nSPS) is 12.2. The average molecular weight is 302 g/mol. The lowest BCUT2D eigenvalue weighted by Crippen LogP contribution is -2.41. The van der Waals surface area contributed by atoms with E-state index in [2.05, 4.69) is 10.1 Å². The molecule has 0 heterocycles. The van der Waals surface area contributed by atoms with E-state index in [1.165, 1.54) is 12.1 Å². The van der Waals surface area contributed by atoms with Gasteiger partial charge in [0.1, 0.15) is 5.75 Å². The van der Waals surface area contributed by atoms with E-state index < -0.39 is 12.7 Å². The van der Waals surface area contributed by atoms with Crippen molar-refractivity contribution in [1.29, 1.82) is 0 Å². The number of methoxy groups -OCH3 is 1. The van der Waals surface area contributed by atoms with Gasteiger partial charge in [0.25, 0.3) is 0 Å². The summed E-state index contributed by atoms with van der Waals surface area (Å²) in [7, 11) is 1.55. The molecule has 1 aromatic carbocycles. The van der Waals surface area contributed by atoms with Crippen molar-refractivity contribution in [3.63, 3.8) is 0 Å². The molecule has 0 aliphatic rings. The van der Waals surface area contributed by atoms with Crippen LogP contribution in [0.3, 0.4) is 0 Å².